The van der Waals surface area contributed by atoms with Gasteiger partial charge in [-0.1, -0.05) is 16.6 Å². The van der Waals surface area contributed by atoms with Gasteiger partial charge in [-0.3, -0.25) is 9.78 Å². The van der Waals surface area contributed by atoms with Crippen molar-refractivity contribution in [3.05, 3.63) is 77.8 Å². The minimum atomic E-state index is -0.202. The van der Waals surface area contributed by atoms with E-state index in [1.54, 1.807) is 53.7 Å². The summed E-state index contributed by atoms with van der Waals surface area (Å²) < 4.78 is 7.19. The van der Waals surface area contributed by atoms with E-state index in [2.05, 4.69) is 25.6 Å². The number of hydrogen-bond acceptors (Lipinski definition) is 7. The monoisotopic (exact) mass is 378 g/mol. The SMILES string of the molecule is O=C(NCc1cn(-c2cccnc2)nn1)c1ccc(Oc2nccs2)cc1. The third kappa shape index (κ3) is 4.15. The molecule has 0 radical (unpaired) electrons. The fraction of sp³-hybridized carbons (Fsp3) is 0.0556. The van der Waals surface area contributed by atoms with E-state index in [4.69, 9.17) is 4.74 Å². The molecule has 0 spiro atoms. The first kappa shape index (κ1) is 16.9. The highest BCUT2D eigenvalue weighted by Gasteiger charge is 2.09. The lowest BCUT2D eigenvalue weighted by atomic mass is 10.2. The number of ether oxygens (including phenoxy) is 1. The summed E-state index contributed by atoms with van der Waals surface area (Å²) in [6.45, 7) is 0.274. The van der Waals surface area contributed by atoms with E-state index in [1.165, 1.54) is 11.3 Å². The Hall–Kier alpha value is -3.59. The van der Waals surface area contributed by atoms with Crippen LogP contribution in [0.4, 0.5) is 0 Å². The molecule has 0 atom stereocenters. The number of hydrogen-bond donors (Lipinski definition) is 1. The standard InChI is InChI=1S/C18H14N6O2S/c25-17(13-3-5-16(6-4-13)26-18-20-8-9-27-18)21-10-14-12-24(23-22-14)15-2-1-7-19-11-15/h1-9,11-12H,10H2,(H,21,25). The Kier molecular flexibility index (Phi) is 4.84. The molecule has 1 amide bonds. The highest BCUT2D eigenvalue weighted by atomic mass is 32.1. The minimum absolute atomic E-state index is 0.202. The predicted octanol–water partition coefficient (Wildman–Crippen LogP) is 2.84. The van der Waals surface area contributed by atoms with Gasteiger partial charge in [0.25, 0.3) is 11.1 Å². The normalized spacial score (nSPS) is 10.5. The van der Waals surface area contributed by atoms with E-state index in [9.17, 15) is 4.79 Å². The van der Waals surface area contributed by atoms with Gasteiger partial charge < -0.3 is 10.1 Å². The number of aromatic nitrogens is 5. The number of nitrogens with zero attached hydrogens (tertiary/aromatic N) is 5. The second-order valence-electron chi connectivity index (χ2n) is 5.47. The summed E-state index contributed by atoms with van der Waals surface area (Å²) in [4.78, 5) is 20.4. The van der Waals surface area contributed by atoms with Crippen molar-refractivity contribution in [1.82, 2.24) is 30.3 Å². The van der Waals surface area contributed by atoms with Gasteiger partial charge in [-0.2, -0.15) is 0 Å². The summed E-state index contributed by atoms with van der Waals surface area (Å²) in [5.74, 6) is 0.424. The van der Waals surface area contributed by atoms with Gasteiger partial charge in [-0.25, -0.2) is 9.67 Å². The highest BCUT2D eigenvalue weighted by molar-refractivity contribution is 7.11. The average Bonchev–Trinajstić information content (AvgIpc) is 3.39. The second kappa shape index (κ2) is 7.75. The summed E-state index contributed by atoms with van der Waals surface area (Å²) >= 11 is 1.40. The summed E-state index contributed by atoms with van der Waals surface area (Å²) in [6.07, 6.45) is 6.80. The van der Waals surface area contributed by atoms with Crippen molar-refractivity contribution in [2.75, 3.05) is 0 Å². The fourth-order valence-corrected chi connectivity index (χ4v) is 2.81. The van der Waals surface area contributed by atoms with Gasteiger partial charge >= 0.3 is 0 Å². The maximum Gasteiger partial charge on any atom is 0.278 e. The molecule has 3 aromatic heterocycles. The van der Waals surface area contributed by atoms with Gasteiger partial charge in [-0.05, 0) is 36.4 Å². The Bertz CT molecular complexity index is 1020. The molecular weight excluding hydrogens is 364 g/mol. The number of rotatable bonds is 6. The van der Waals surface area contributed by atoms with Crippen LogP contribution in [0, 0.1) is 0 Å². The zero-order chi connectivity index (χ0) is 18.5. The van der Waals surface area contributed by atoms with Crippen LogP contribution in [0.1, 0.15) is 16.1 Å². The maximum atomic E-state index is 12.3. The third-order valence-corrected chi connectivity index (χ3v) is 4.26. The van der Waals surface area contributed by atoms with Crippen molar-refractivity contribution >= 4 is 17.2 Å². The van der Waals surface area contributed by atoms with Crippen LogP contribution in [0.5, 0.6) is 10.9 Å². The van der Waals surface area contributed by atoms with Crippen LogP contribution in [0.25, 0.3) is 5.69 Å². The Morgan fingerprint density at radius 3 is 2.81 bits per heavy atom. The first-order chi connectivity index (χ1) is 13.3. The van der Waals surface area contributed by atoms with Crippen molar-refractivity contribution in [1.29, 1.82) is 0 Å². The molecule has 3 heterocycles. The Morgan fingerprint density at radius 2 is 2.07 bits per heavy atom. The smallest absolute Gasteiger partial charge is 0.278 e. The summed E-state index contributed by atoms with van der Waals surface area (Å²) in [6, 6.07) is 10.6. The van der Waals surface area contributed by atoms with E-state index in [0.29, 0.717) is 22.2 Å². The molecule has 4 aromatic rings. The highest BCUT2D eigenvalue weighted by Crippen LogP contribution is 2.23. The van der Waals surface area contributed by atoms with Crippen LogP contribution >= 0.6 is 11.3 Å². The summed E-state index contributed by atoms with van der Waals surface area (Å²) in [7, 11) is 0. The summed E-state index contributed by atoms with van der Waals surface area (Å²) in [5.41, 5.74) is 1.98. The lowest BCUT2D eigenvalue weighted by Crippen LogP contribution is -2.22. The zero-order valence-electron chi connectivity index (χ0n) is 14.0. The maximum absolute atomic E-state index is 12.3. The van der Waals surface area contributed by atoms with Gasteiger partial charge in [0.15, 0.2) is 0 Å². The second-order valence-corrected chi connectivity index (χ2v) is 6.33. The lowest BCUT2D eigenvalue weighted by molar-refractivity contribution is 0.0950. The predicted molar refractivity (Wildman–Crippen MR) is 99.0 cm³/mol. The van der Waals surface area contributed by atoms with Crippen LogP contribution in [0.2, 0.25) is 0 Å². The first-order valence-corrected chi connectivity index (χ1v) is 8.93. The molecule has 134 valence electrons. The van der Waals surface area contributed by atoms with Crippen molar-refractivity contribution in [2.24, 2.45) is 0 Å². The number of benzene rings is 1. The molecule has 0 fully saturated rings. The van der Waals surface area contributed by atoms with Gasteiger partial charge in [0, 0.05) is 23.3 Å². The number of pyridine rings is 1. The van der Waals surface area contributed by atoms with Crippen LogP contribution < -0.4 is 10.1 Å². The lowest BCUT2D eigenvalue weighted by Gasteiger charge is -2.05. The number of carbonyl (C=O) groups excluding carboxylic acids is 1. The molecule has 9 heteroatoms. The van der Waals surface area contributed by atoms with E-state index in [-0.39, 0.29) is 12.5 Å². The van der Waals surface area contributed by atoms with Crippen molar-refractivity contribution in [3.63, 3.8) is 0 Å². The molecule has 0 bridgehead atoms. The van der Waals surface area contributed by atoms with E-state index in [1.807, 2.05) is 17.5 Å². The molecule has 0 aliphatic rings. The molecule has 0 saturated carbocycles. The van der Waals surface area contributed by atoms with Crippen LogP contribution in [0.15, 0.2) is 66.6 Å². The minimum Gasteiger partial charge on any atom is -0.431 e. The molecule has 8 nitrogen and oxygen atoms in total. The zero-order valence-corrected chi connectivity index (χ0v) is 14.8. The molecule has 0 saturated heterocycles. The molecule has 27 heavy (non-hydrogen) atoms. The van der Waals surface area contributed by atoms with E-state index in [0.717, 1.165) is 5.69 Å². The first-order valence-electron chi connectivity index (χ1n) is 8.05. The number of carbonyl (C=O) groups is 1. The van der Waals surface area contributed by atoms with Gasteiger partial charge in [0.1, 0.15) is 11.4 Å². The van der Waals surface area contributed by atoms with Gasteiger partial charge in [-0.15, -0.1) is 5.10 Å². The molecule has 1 aromatic carbocycles. The Balaban J connectivity index is 1.35. The molecule has 0 unspecified atom stereocenters. The fourth-order valence-electron chi connectivity index (χ4n) is 2.30. The van der Waals surface area contributed by atoms with Crippen molar-refractivity contribution in [2.45, 2.75) is 6.54 Å². The summed E-state index contributed by atoms with van der Waals surface area (Å²) in [5, 5.41) is 13.3. The van der Waals surface area contributed by atoms with Crippen LogP contribution in [-0.4, -0.2) is 30.9 Å². The number of amides is 1. The van der Waals surface area contributed by atoms with E-state index < -0.39 is 0 Å². The van der Waals surface area contributed by atoms with Crippen molar-refractivity contribution in [3.8, 4) is 16.6 Å². The molecule has 1 N–H and O–H groups in total. The largest absolute Gasteiger partial charge is 0.431 e. The number of nitrogens with one attached hydrogen (secondary N) is 1. The van der Waals surface area contributed by atoms with Gasteiger partial charge in [0.05, 0.1) is 24.6 Å². The Morgan fingerprint density at radius 1 is 1.19 bits per heavy atom. The van der Waals surface area contributed by atoms with Crippen LogP contribution in [0.3, 0.4) is 0 Å². The topological polar surface area (TPSA) is 94.8 Å². The van der Waals surface area contributed by atoms with E-state index >= 15 is 0 Å². The van der Waals surface area contributed by atoms with Crippen molar-refractivity contribution < 1.29 is 9.53 Å². The molecular formula is C18H14N6O2S. The van der Waals surface area contributed by atoms with Gasteiger partial charge in [0.2, 0.25) is 0 Å². The molecule has 4 rings (SSSR count). The quantitative estimate of drug-likeness (QED) is 0.554. The Labute approximate surface area is 158 Å². The third-order valence-electron chi connectivity index (χ3n) is 3.61. The number of thiazole rings is 1. The average molecular weight is 378 g/mol. The van der Waals surface area contributed by atoms with Crippen LogP contribution in [-0.2, 0) is 6.54 Å². The molecule has 0 aliphatic carbocycles. The molecule has 0 aliphatic heterocycles.